The van der Waals surface area contributed by atoms with Crippen LogP contribution in [0, 0.1) is 10.1 Å². The van der Waals surface area contributed by atoms with E-state index in [-0.39, 0.29) is 22.8 Å². The third kappa shape index (κ3) is 5.35. The van der Waals surface area contributed by atoms with E-state index in [4.69, 9.17) is 11.6 Å². The fourth-order valence-electron chi connectivity index (χ4n) is 3.71. The molecule has 36 heavy (non-hydrogen) atoms. The monoisotopic (exact) mass is 548 g/mol. The van der Waals surface area contributed by atoms with Gasteiger partial charge in [0, 0.05) is 29.3 Å². The minimum Gasteiger partial charge on any atom is -0.284 e. The van der Waals surface area contributed by atoms with Gasteiger partial charge in [-0.15, -0.1) is 0 Å². The smallest absolute Gasteiger partial charge is 0.279 e. The van der Waals surface area contributed by atoms with Gasteiger partial charge in [0.05, 0.1) is 27.3 Å². The van der Waals surface area contributed by atoms with Crippen LogP contribution < -0.4 is 4.72 Å². The van der Waals surface area contributed by atoms with Crippen LogP contribution in [0.15, 0.2) is 82.8 Å². The number of hydrogen-bond donors (Lipinski definition) is 1. The average Bonchev–Trinajstić information content (AvgIpc) is 3.31. The Morgan fingerprint density at radius 3 is 2.42 bits per heavy atom. The number of nitrogens with zero attached hydrogens (tertiary/aromatic N) is 3. The molecule has 0 saturated heterocycles. The van der Waals surface area contributed by atoms with Crippen molar-refractivity contribution in [2.24, 2.45) is 5.10 Å². The SMILES string of the molecule is CCS(=O)(=O)Nc1cccc(C2=NN(S(=O)(=O)c3ccc(Cl)cc3)[C@@H](c3cccc([N+](=O)[O-])c3)C2)c1. The van der Waals surface area contributed by atoms with Crippen molar-refractivity contribution in [3.63, 3.8) is 0 Å². The first-order chi connectivity index (χ1) is 17.0. The summed E-state index contributed by atoms with van der Waals surface area (Å²) in [6.07, 6.45) is 0.109. The van der Waals surface area contributed by atoms with E-state index in [9.17, 15) is 26.9 Å². The quantitative estimate of drug-likeness (QED) is 0.323. The van der Waals surface area contributed by atoms with E-state index in [2.05, 4.69) is 9.82 Å². The van der Waals surface area contributed by atoms with Crippen LogP contribution in [0.3, 0.4) is 0 Å². The van der Waals surface area contributed by atoms with E-state index in [1.807, 2.05) is 0 Å². The molecule has 0 amide bonds. The zero-order chi connectivity index (χ0) is 26.1. The van der Waals surface area contributed by atoms with Crippen LogP contribution in [0.1, 0.15) is 30.5 Å². The lowest BCUT2D eigenvalue weighted by atomic mass is 9.98. The summed E-state index contributed by atoms with van der Waals surface area (Å²) in [5, 5.41) is 16.1. The third-order valence-electron chi connectivity index (χ3n) is 5.55. The lowest BCUT2D eigenvalue weighted by Gasteiger charge is -2.23. The third-order valence-corrected chi connectivity index (χ3v) is 8.80. The highest BCUT2D eigenvalue weighted by Gasteiger charge is 2.38. The number of nitro benzene ring substituents is 1. The molecule has 1 aliphatic heterocycles. The number of hydrazone groups is 1. The Morgan fingerprint density at radius 1 is 1.06 bits per heavy atom. The molecule has 10 nitrogen and oxygen atoms in total. The largest absolute Gasteiger partial charge is 0.284 e. The van der Waals surface area contributed by atoms with Crippen LogP contribution >= 0.6 is 11.6 Å². The molecule has 0 radical (unpaired) electrons. The van der Waals surface area contributed by atoms with Crippen molar-refractivity contribution in [2.75, 3.05) is 10.5 Å². The number of non-ortho nitro benzene ring substituents is 1. The summed E-state index contributed by atoms with van der Waals surface area (Å²) < 4.78 is 54.5. The van der Waals surface area contributed by atoms with Gasteiger partial charge in [-0.3, -0.25) is 14.8 Å². The number of nitro groups is 1. The summed E-state index contributed by atoms with van der Waals surface area (Å²) in [6.45, 7) is 1.51. The molecule has 0 spiro atoms. The molecule has 0 aromatic heterocycles. The van der Waals surface area contributed by atoms with Crippen LogP contribution in [0.25, 0.3) is 0 Å². The second kappa shape index (κ2) is 9.88. The minimum absolute atomic E-state index is 0.0446. The van der Waals surface area contributed by atoms with Crippen molar-refractivity contribution >= 4 is 48.7 Å². The zero-order valence-electron chi connectivity index (χ0n) is 18.9. The van der Waals surface area contributed by atoms with E-state index >= 15 is 0 Å². The molecule has 1 N–H and O–H groups in total. The number of sulfonamides is 2. The zero-order valence-corrected chi connectivity index (χ0v) is 21.3. The topological polar surface area (TPSA) is 139 Å². The first-order valence-corrected chi connectivity index (χ1v) is 14.2. The highest BCUT2D eigenvalue weighted by molar-refractivity contribution is 7.92. The Kier molecular flexibility index (Phi) is 7.03. The van der Waals surface area contributed by atoms with E-state index in [0.717, 1.165) is 4.41 Å². The minimum atomic E-state index is -4.16. The van der Waals surface area contributed by atoms with E-state index in [1.54, 1.807) is 30.3 Å². The normalized spacial score (nSPS) is 16.0. The van der Waals surface area contributed by atoms with Crippen LogP contribution in [-0.4, -0.2) is 37.6 Å². The van der Waals surface area contributed by atoms with E-state index in [0.29, 0.717) is 27.5 Å². The lowest BCUT2D eigenvalue weighted by Crippen LogP contribution is -2.27. The van der Waals surface area contributed by atoms with Crippen molar-refractivity contribution in [3.8, 4) is 0 Å². The van der Waals surface area contributed by atoms with Crippen molar-refractivity contribution < 1.29 is 21.8 Å². The number of rotatable bonds is 8. The maximum Gasteiger partial charge on any atom is 0.279 e. The van der Waals surface area contributed by atoms with Crippen LogP contribution in [0.2, 0.25) is 5.02 Å². The lowest BCUT2D eigenvalue weighted by molar-refractivity contribution is -0.384. The Balaban J connectivity index is 1.79. The molecule has 3 aromatic rings. The highest BCUT2D eigenvalue weighted by Crippen LogP contribution is 2.38. The summed E-state index contributed by atoms with van der Waals surface area (Å²) in [7, 11) is -7.69. The average molecular weight is 549 g/mol. The summed E-state index contributed by atoms with van der Waals surface area (Å²) in [4.78, 5) is 10.7. The van der Waals surface area contributed by atoms with Gasteiger partial charge in [0.2, 0.25) is 10.0 Å². The van der Waals surface area contributed by atoms with Crippen LogP contribution in [-0.2, 0) is 20.0 Å². The predicted octanol–water partition coefficient (Wildman–Crippen LogP) is 4.55. The van der Waals surface area contributed by atoms with Crippen molar-refractivity contribution in [3.05, 3.63) is 99.1 Å². The van der Waals surface area contributed by atoms with Gasteiger partial charge in [0.1, 0.15) is 0 Å². The number of nitrogens with one attached hydrogen (secondary N) is 1. The molecule has 0 bridgehead atoms. The van der Waals surface area contributed by atoms with Crippen molar-refractivity contribution in [1.29, 1.82) is 0 Å². The number of halogens is 1. The Hall–Kier alpha value is -3.48. The number of anilines is 1. The van der Waals surface area contributed by atoms with Gasteiger partial charge >= 0.3 is 0 Å². The molecule has 4 rings (SSSR count). The molecular weight excluding hydrogens is 528 g/mol. The summed E-state index contributed by atoms with van der Waals surface area (Å²) in [5.41, 5.74) is 1.41. The van der Waals surface area contributed by atoms with Crippen LogP contribution in [0.4, 0.5) is 11.4 Å². The standard InChI is InChI=1S/C23H21ClN4O6S2/c1-2-35(31,32)26-19-7-3-5-16(13-19)22-15-23(17-6-4-8-20(14-17)28(29)30)27(25-22)36(33,34)21-11-9-18(24)10-12-21/h3-14,23,26H,2,15H2,1H3/t23-/m1/s1. The molecule has 13 heteroatoms. The molecule has 1 heterocycles. The molecule has 0 fully saturated rings. The maximum absolute atomic E-state index is 13.6. The Morgan fingerprint density at radius 2 is 1.75 bits per heavy atom. The second-order valence-electron chi connectivity index (χ2n) is 7.94. The second-order valence-corrected chi connectivity index (χ2v) is 12.2. The molecular formula is C23H21ClN4O6S2. The fourth-order valence-corrected chi connectivity index (χ4v) is 5.90. The van der Waals surface area contributed by atoms with Crippen molar-refractivity contribution in [1.82, 2.24) is 4.41 Å². The van der Waals surface area contributed by atoms with E-state index < -0.39 is 31.0 Å². The summed E-state index contributed by atoms with van der Waals surface area (Å²) >= 11 is 5.92. The van der Waals surface area contributed by atoms with Crippen molar-refractivity contribution in [2.45, 2.75) is 24.3 Å². The van der Waals surface area contributed by atoms with Gasteiger partial charge in [0.15, 0.2) is 0 Å². The number of hydrogen-bond acceptors (Lipinski definition) is 7. The maximum atomic E-state index is 13.6. The van der Waals surface area contributed by atoms with Gasteiger partial charge < -0.3 is 0 Å². The molecule has 0 aliphatic carbocycles. The van der Waals surface area contributed by atoms with Gasteiger partial charge in [-0.2, -0.15) is 17.9 Å². The molecule has 1 aliphatic rings. The predicted molar refractivity (Wildman–Crippen MR) is 137 cm³/mol. The Labute approximate surface area is 213 Å². The van der Waals surface area contributed by atoms with Gasteiger partial charge in [0.25, 0.3) is 15.7 Å². The molecule has 188 valence electrons. The number of benzene rings is 3. The van der Waals surface area contributed by atoms with Gasteiger partial charge in [-0.1, -0.05) is 35.9 Å². The fraction of sp³-hybridized carbons (Fsp3) is 0.174. The molecule has 1 atom stereocenters. The van der Waals surface area contributed by atoms with Crippen LogP contribution in [0.5, 0.6) is 0 Å². The first-order valence-electron chi connectivity index (χ1n) is 10.7. The molecule has 0 saturated carbocycles. The highest BCUT2D eigenvalue weighted by atomic mass is 35.5. The summed E-state index contributed by atoms with van der Waals surface area (Å²) in [6, 6.07) is 16.9. The summed E-state index contributed by atoms with van der Waals surface area (Å²) in [5.74, 6) is -0.111. The van der Waals surface area contributed by atoms with Gasteiger partial charge in [-0.05, 0) is 54.4 Å². The van der Waals surface area contributed by atoms with E-state index in [1.165, 1.54) is 49.4 Å². The van der Waals surface area contributed by atoms with Gasteiger partial charge in [-0.25, -0.2) is 8.42 Å². The molecule has 0 unspecified atom stereocenters. The first kappa shape index (κ1) is 25.6. The Bertz CT molecular complexity index is 1560. The molecule has 3 aromatic carbocycles.